The van der Waals surface area contributed by atoms with Gasteiger partial charge in [0.25, 0.3) is 8.05 Å². The van der Waals surface area contributed by atoms with Crippen molar-refractivity contribution in [1.82, 2.24) is 0 Å². The van der Waals surface area contributed by atoms with Crippen LogP contribution < -0.4 is 0 Å². The van der Waals surface area contributed by atoms with E-state index < -0.39 is 0 Å². The second-order valence-electron chi connectivity index (χ2n) is 1.15. The summed E-state index contributed by atoms with van der Waals surface area (Å²) >= 11 is 0. The van der Waals surface area contributed by atoms with E-state index in [1.165, 1.54) is 0 Å². The van der Waals surface area contributed by atoms with Gasteiger partial charge in [-0.25, -0.2) is 0 Å². The van der Waals surface area contributed by atoms with Crippen molar-refractivity contribution in [3.63, 3.8) is 0 Å². The van der Waals surface area contributed by atoms with Gasteiger partial charge in [0.05, 0.1) is 0 Å². The van der Waals surface area contributed by atoms with Crippen LogP contribution in [0, 0.1) is 0 Å². The van der Waals surface area contributed by atoms with Gasteiger partial charge >= 0.3 is 0 Å². The first-order chi connectivity index (χ1) is 4.00. The number of benzene rings is 1. The molecule has 40 valence electrons. The van der Waals surface area contributed by atoms with E-state index in [-0.39, 0.29) is 0 Å². The molecule has 8 heavy (non-hydrogen) atoms. The second kappa shape index (κ2) is 6.24. The molecule has 2 heteroatoms. The number of rotatable bonds is 0. The maximum absolute atomic E-state index is 6.50. The van der Waals surface area contributed by atoms with E-state index in [4.69, 9.17) is 5.02 Å². The van der Waals surface area contributed by atoms with Crippen molar-refractivity contribution in [3.8, 4) is 0 Å². The fourth-order valence-electron chi connectivity index (χ4n) is 0.385. The quantitative estimate of drug-likeness (QED) is 0.483. The maximum atomic E-state index is 6.50. The van der Waals surface area contributed by atoms with Crippen LogP contribution in [0.4, 0.5) is 0 Å². The van der Waals surface area contributed by atoms with Crippen LogP contribution >= 0.6 is 0 Å². The Morgan fingerprint density at radius 1 is 0.625 bits per heavy atom. The van der Waals surface area contributed by atoms with Crippen molar-refractivity contribution in [1.29, 1.82) is 0 Å². The molecule has 0 bridgehead atoms. The molecule has 0 aliphatic heterocycles. The minimum atomic E-state index is 2.00. The van der Waals surface area contributed by atoms with Gasteiger partial charge in [-0.05, 0) is 0 Å². The molecule has 0 unspecified atom stereocenters. The van der Waals surface area contributed by atoms with Gasteiger partial charge in [-0.15, -0.1) is 0 Å². The maximum Gasteiger partial charge on any atom is 0.277 e. The summed E-state index contributed by atoms with van der Waals surface area (Å²) in [5.41, 5.74) is 0. The third kappa shape index (κ3) is 3.44. The summed E-state index contributed by atoms with van der Waals surface area (Å²) in [6.45, 7) is 0. The SMILES string of the molecule is [B]O.c1ccccc1. The Hall–Kier alpha value is -0.755. The van der Waals surface area contributed by atoms with Crippen LogP contribution in [0.15, 0.2) is 36.4 Å². The van der Waals surface area contributed by atoms with Crippen LogP contribution in [0.5, 0.6) is 0 Å². The van der Waals surface area contributed by atoms with Crippen LogP contribution in [-0.4, -0.2) is 13.1 Å². The molecule has 2 radical (unpaired) electrons. The molecule has 0 aliphatic rings. The Balaban J connectivity index is 0.000000222. The number of hydrogen-bond acceptors (Lipinski definition) is 1. The average Bonchev–Trinajstić information content (AvgIpc) is 1.96. The highest BCUT2D eigenvalue weighted by atomic mass is 16.2. The second-order valence-corrected chi connectivity index (χ2v) is 1.15. The molecule has 0 saturated carbocycles. The van der Waals surface area contributed by atoms with Gasteiger partial charge in [0.15, 0.2) is 0 Å². The summed E-state index contributed by atoms with van der Waals surface area (Å²) in [7, 11) is 3.50. The summed E-state index contributed by atoms with van der Waals surface area (Å²) in [4.78, 5) is 0. The summed E-state index contributed by atoms with van der Waals surface area (Å²) in [6, 6.07) is 12.0. The molecule has 0 aliphatic carbocycles. The average molecular weight is 106 g/mol. The van der Waals surface area contributed by atoms with Gasteiger partial charge in [0.1, 0.15) is 0 Å². The molecule has 0 atom stereocenters. The summed E-state index contributed by atoms with van der Waals surface area (Å²) in [5.74, 6) is 0. The summed E-state index contributed by atoms with van der Waals surface area (Å²) in [5, 5.41) is 6.50. The smallest absolute Gasteiger partial charge is 0.277 e. The van der Waals surface area contributed by atoms with Crippen LogP contribution in [-0.2, 0) is 0 Å². The molecule has 0 saturated heterocycles. The third-order valence-corrected chi connectivity index (χ3v) is 0.667. The van der Waals surface area contributed by atoms with Crippen molar-refractivity contribution < 1.29 is 5.02 Å². The Morgan fingerprint density at radius 3 is 0.875 bits per heavy atom. The van der Waals surface area contributed by atoms with Crippen LogP contribution in [0.1, 0.15) is 0 Å². The molecule has 0 fully saturated rings. The molecule has 0 amide bonds. The van der Waals surface area contributed by atoms with Gasteiger partial charge in [-0.1, -0.05) is 36.4 Å². The molecular weight excluding hydrogens is 98.9 g/mol. The molecule has 1 aromatic rings. The van der Waals surface area contributed by atoms with Gasteiger partial charge < -0.3 is 5.02 Å². The lowest BCUT2D eigenvalue weighted by atomic mass is 10.4. The van der Waals surface area contributed by atoms with E-state index in [0.29, 0.717) is 0 Å². The predicted molar refractivity (Wildman–Crippen MR) is 34.4 cm³/mol. The van der Waals surface area contributed by atoms with Gasteiger partial charge in [-0.3, -0.25) is 0 Å². The first-order valence-corrected chi connectivity index (χ1v) is 2.26. The minimum Gasteiger partial charge on any atom is -0.461 e. The van der Waals surface area contributed by atoms with E-state index in [1.54, 1.807) is 0 Å². The fraction of sp³-hybridized carbons (Fsp3) is 0. The van der Waals surface area contributed by atoms with E-state index in [1.807, 2.05) is 36.4 Å². The molecule has 1 nitrogen and oxygen atoms in total. The number of hydrogen-bond donors (Lipinski definition) is 1. The van der Waals surface area contributed by atoms with Crippen LogP contribution in [0.25, 0.3) is 0 Å². The van der Waals surface area contributed by atoms with E-state index >= 15 is 0 Å². The molecule has 1 aromatic carbocycles. The lowest BCUT2D eigenvalue weighted by molar-refractivity contribution is 0.629. The highest BCUT2D eigenvalue weighted by Crippen LogP contribution is 1.79. The largest absolute Gasteiger partial charge is 0.461 e. The predicted octanol–water partition coefficient (Wildman–Crippen LogP) is 0.749. The normalized spacial score (nSPS) is 6.62. The molecule has 0 aromatic heterocycles. The fourth-order valence-corrected chi connectivity index (χ4v) is 0.385. The zero-order valence-electron chi connectivity index (χ0n) is 4.49. The summed E-state index contributed by atoms with van der Waals surface area (Å²) < 4.78 is 0. The zero-order chi connectivity index (χ0) is 6.24. The van der Waals surface area contributed by atoms with Crippen LogP contribution in [0.2, 0.25) is 0 Å². The van der Waals surface area contributed by atoms with Gasteiger partial charge in [0, 0.05) is 0 Å². The Bertz CT molecular complexity index is 80.5. The first kappa shape index (κ1) is 7.24. The Labute approximate surface area is 50.4 Å². The van der Waals surface area contributed by atoms with E-state index in [9.17, 15) is 0 Å². The van der Waals surface area contributed by atoms with E-state index in [0.717, 1.165) is 0 Å². The zero-order valence-corrected chi connectivity index (χ0v) is 4.49. The van der Waals surface area contributed by atoms with Crippen molar-refractivity contribution in [2.75, 3.05) is 0 Å². The van der Waals surface area contributed by atoms with Crippen molar-refractivity contribution >= 4 is 8.05 Å². The molecule has 1 rings (SSSR count). The molecule has 0 heterocycles. The highest BCUT2D eigenvalue weighted by Gasteiger charge is 1.57. The Kier molecular flexibility index (Phi) is 5.66. The van der Waals surface area contributed by atoms with Crippen molar-refractivity contribution in [3.05, 3.63) is 36.4 Å². The monoisotopic (exact) mass is 106 g/mol. The molecule has 0 spiro atoms. The van der Waals surface area contributed by atoms with Gasteiger partial charge in [-0.2, -0.15) is 0 Å². The van der Waals surface area contributed by atoms with Crippen molar-refractivity contribution in [2.24, 2.45) is 0 Å². The Morgan fingerprint density at radius 2 is 0.750 bits per heavy atom. The van der Waals surface area contributed by atoms with Crippen molar-refractivity contribution in [2.45, 2.75) is 0 Å². The topological polar surface area (TPSA) is 20.2 Å². The lowest BCUT2D eigenvalue weighted by Gasteiger charge is -1.69. The molecule has 1 N–H and O–H groups in total. The summed E-state index contributed by atoms with van der Waals surface area (Å²) in [6.07, 6.45) is 0. The highest BCUT2D eigenvalue weighted by molar-refractivity contribution is 5.95. The molecular formula is C6H7BO. The van der Waals surface area contributed by atoms with Crippen LogP contribution in [0.3, 0.4) is 0 Å². The third-order valence-electron chi connectivity index (χ3n) is 0.667. The minimum absolute atomic E-state index is 2.00. The van der Waals surface area contributed by atoms with E-state index in [2.05, 4.69) is 8.05 Å². The standard InChI is InChI=1S/C6H6.BHO/c1-2-4-6-5-3-1;1-2/h1-6H;2H. The van der Waals surface area contributed by atoms with Gasteiger partial charge in [0.2, 0.25) is 0 Å². The first-order valence-electron chi connectivity index (χ1n) is 2.26. The lowest BCUT2D eigenvalue weighted by Crippen LogP contribution is -1.47.